The van der Waals surface area contributed by atoms with E-state index >= 15 is 0 Å². The quantitative estimate of drug-likeness (QED) is 0.848. The van der Waals surface area contributed by atoms with Crippen LogP contribution < -0.4 is 0 Å². The van der Waals surface area contributed by atoms with Crippen molar-refractivity contribution in [3.05, 3.63) is 70.2 Å². The number of hydrogen-bond acceptors (Lipinski definition) is 3. The topological polar surface area (TPSA) is 43.7 Å². The maximum absolute atomic E-state index is 10.4. The van der Waals surface area contributed by atoms with E-state index in [2.05, 4.69) is 0 Å². The Morgan fingerprint density at radius 3 is 2.55 bits per heavy atom. The van der Waals surface area contributed by atoms with E-state index in [0.29, 0.717) is 18.0 Å². The van der Waals surface area contributed by atoms with Crippen molar-refractivity contribution in [2.75, 3.05) is 6.54 Å². The second-order valence-corrected chi connectivity index (χ2v) is 5.43. The molecule has 0 saturated heterocycles. The number of rotatable bonds is 1. The van der Waals surface area contributed by atoms with E-state index in [1.807, 2.05) is 48.5 Å². The molecule has 2 aromatic rings. The number of hydroxylamine groups is 2. The number of nitrogens with zero attached hydrogens (tertiary/aromatic N) is 1. The second kappa shape index (κ2) is 5.54. The van der Waals surface area contributed by atoms with E-state index < -0.39 is 6.23 Å². The Morgan fingerprint density at radius 1 is 1.05 bits per heavy atom. The van der Waals surface area contributed by atoms with Crippen LogP contribution in [0.1, 0.15) is 22.6 Å². The minimum Gasteiger partial charge on any atom is -0.375 e. The van der Waals surface area contributed by atoms with Gasteiger partial charge < -0.3 is 10.3 Å². The average Bonchev–Trinajstić information content (AvgIpc) is 2.59. The Hall–Kier alpha value is -1.39. The molecule has 2 N–H and O–H groups in total. The standard InChI is InChI=1S/C16H16ClNO2/c17-14-8-4-7-13-12(14)9-10-18(20)16(19)15(13)11-5-2-1-3-6-11/h1-8,15-16,19-20H,9-10H2. The van der Waals surface area contributed by atoms with Gasteiger partial charge in [-0.3, -0.25) is 0 Å². The molecule has 4 heteroatoms. The molecule has 2 aromatic carbocycles. The molecule has 2 atom stereocenters. The van der Waals surface area contributed by atoms with Gasteiger partial charge in [-0.25, -0.2) is 0 Å². The molecule has 3 rings (SSSR count). The number of halogens is 1. The Bertz CT molecular complexity index is 603. The van der Waals surface area contributed by atoms with Crippen LogP contribution in [0.15, 0.2) is 48.5 Å². The first-order chi connectivity index (χ1) is 9.68. The highest BCUT2D eigenvalue weighted by Gasteiger charge is 2.32. The highest BCUT2D eigenvalue weighted by Crippen LogP contribution is 2.36. The summed E-state index contributed by atoms with van der Waals surface area (Å²) in [6, 6.07) is 15.4. The van der Waals surface area contributed by atoms with Gasteiger partial charge in [0.15, 0.2) is 0 Å². The lowest BCUT2D eigenvalue weighted by Crippen LogP contribution is -2.36. The summed E-state index contributed by atoms with van der Waals surface area (Å²) in [5.74, 6) is -0.308. The summed E-state index contributed by atoms with van der Waals surface area (Å²) in [7, 11) is 0. The van der Waals surface area contributed by atoms with Crippen molar-refractivity contribution in [3.8, 4) is 0 Å². The average molecular weight is 290 g/mol. The molecule has 20 heavy (non-hydrogen) atoms. The van der Waals surface area contributed by atoms with Crippen LogP contribution in [-0.4, -0.2) is 28.1 Å². The molecular weight excluding hydrogens is 274 g/mol. The van der Waals surface area contributed by atoms with Crippen LogP contribution in [-0.2, 0) is 6.42 Å². The van der Waals surface area contributed by atoms with Crippen molar-refractivity contribution in [3.63, 3.8) is 0 Å². The molecule has 0 amide bonds. The predicted octanol–water partition coefficient (Wildman–Crippen LogP) is 3.04. The molecule has 2 unspecified atom stereocenters. The molecule has 0 saturated carbocycles. The molecule has 0 aliphatic carbocycles. The van der Waals surface area contributed by atoms with Crippen LogP contribution in [0, 0.1) is 0 Å². The van der Waals surface area contributed by atoms with E-state index in [-0.39, 0.29) is 5.92 Å². The number of fused-ring (bicyclic) bond motifs is 1. The van der Waals surface area contributed by atoms with Gasteiger partial charge in [0.1, 0.15) is 6.23 Å². The smallest absolute Gasteiger partial charge is 0.140 e. The van der Waals surface area contributed by atoms with Gasteiger partial charge >= 0.3 is 0 Å². The summed E-state index contributed by atoms with van der Waals surface area (Å²) in [4.78, 5) is 0. The first-order valence-corrected chi connectivity index (χ1v) is 7.02. The zero-order chi connectivity index (χ0) is 14.1. The van der Waals surface area contributed by atoms with Crippen LogP contribution >= 0.6 is 11.6 Å². The maximum atomic E-state index is 10.4. The number of hydrogen-bond donors (Lipinski definition) is 2. The summed E-state index contributed by atoms with van der Waals surface area (Å²) in [6.45, 7) is 0.362. The molecule has 0 aromatic heterocycles. The SMILES string of the molecule is OC1C(c2ccccc2)c2cccc(Cl)c2CCN1O. The summed E-state index contributed by atoms with van der Waals surface area (Å²) in [5, 5.41) is 22.1. The van der Waals surface area contributed by atoms with Gasteiger partial charge in [0.05, 0.1) is 5.92 Å². The lowest BCUT2D eigenvalue weighted by molar-refractivity contribution is -0.197. The summed E-state index contributed by atoms with van der Waals surface area (Å²) < 4.78 is 0. The van der Waals surface area contributed by atoms with Gasteiger partial charge in [-0.15, -0.1) is 0 Å². The van der Waals surface area contributed by atoms with Gasteiger partial charge in [-0.05, 0) is 29.2 Å². The van der Waals surface area contributed by atoms with Crippen LogP contribution in [0.3, 0.4) is 0 Å². The van der Waals surface area contributed by atoms with Crippen molar-refractivity contribution in [2.45, 2.75) is 18.6 Å². The zero-order valence-corrected chi connectivity index (χ0v) is 11.7. The third kappa shape index (κ3) is 2.34. The first-order valence-electron chi connectivity index (χ1n) is 6.64. The molecule has 1 heterocycles. The predicted molar refractivity (Wildman–Crippen MR) is 77.9 cm³/mol. The van der Waals surface area contributed by atoms with Crippen molar-refractivity contribution in [2.24, 2.45) is 0 Å². The Balaban J connectivity index is 2.17. The third-order valence-corrected chi connectivity index (χ3v) is 4.20. The summed E-state index contributed by atoms with van der Waals surface area (Å²) in [6.07, 6.45) is -0.358. The lowest BCUT2D eigenvalue weighted by Gasteiger charge is -2.27. The van der Waals surface area contributed by atoms with Crippen LogP contribution in [0.25, 0.3) is 0 Å². The normalized spacial score (nSPS) is 23.1. The molecule has 3 nitrogen and oxygen atoms in total. The monoisotopic (exact) mass is 289 g/mol. The van der Waals surface area contributed by atoms with E-state index in [1.54, 1.807) is 0 Å². The van der Waals surface area contributed by atoms with Gasteiger partial charge in [0.2, 0.25) is 0 Å². The third-order valence-electron chi connectivity index (χ3n) is 3.84. The maximum Gasteiger partial charge on any atom is 0.140 e. The molecule has 1 aliphatic heterocycles. The number of aliphatic hydroxyl groups excluding tert-OH is 1. The lowest BCUT2D eigenvalue weighted by atomic mass is 9.87. The fourth-order valence-electron chi connectivity index (χ4n) is 2.83. The first kappa shape index (κ1) is 13.6. The Morgan fingerprint density at radius 2 is 1.80 bits per heavy atom. The number of aliphatic hydroxyl groups is 1. The minimum atomic E-state index is -0.975. The molecule has 0 radical (unpaired) electrons. The minimum absolute atomic E-state index is 0.308. The van der Waals surface area contributed by atoms with Crippen LogP contribution in [0.4, 0.5) is 0 Å². The molecule has 0 bridgehead atoms. The van der Waals surface area contributed by atoms with Crippen LogP contribution in [0.5, 0.6) is 0 Å². The molecule has 0 spiro atoms. The molecule has 0 fully saturated rings. The van der Waals surface area contributed by atoms with Crippen molar-refractivity contribution in [1.29, 1.82) is 0 Å². The molecular formula is C16H16ClNO2. The Labute approximate surface area is 123 Å². The number of benzene rings is 2. The van der Waals surface area contributed by atoms with E-state index in [1.165, 1.54) is 0 Å². The van der Waals surface area contributed by atoms with E-state index in [9.17, 15) is 10.3 Å². The summed E-state index contributed by atoms with van der Waals surface area (Å²) in [5.41, 5.74) is 2.94. The van der Waals surface area contributed by atoms with Gasteiger partial charge in [-0.2, -0.15) is 5.06 Å². The zero-order valence-electron chi connectivity index (χ0n) is 10.9. The van der Waals surface area contributed by atoms with E-state index in [0.717, 1.165) is 21.8 Å². The highest BCUT2D eigenvalue weighted by atomic mass is 35.5. The van der Waals surface area contributed by atoms with Gasteiger partial charge in [-0.1, -0.05) is 54.1 Å². The van der Waals surface area contributed by atoms with Crippen molar-refractivity contribution < 1.29 is 10.3 Å². The van der Waals surface area contributed by atoms with Crippen molar-refractivity contribution >= 4 is 11.6 Å². The highest BCUT2D eigenvalue weighted by molar-refractivity contribution is 6.31. The van der Waals surface area contributed by atoms with Crippen molar-refractivity contribution in [1.82, 2.24) is 5.06 Å². The van der Waals surface area contributed by atoms with Crippen LogP contribution in [0.2, 0.25) is 5.02 Å². The Kier molecular flexibility index (Phi) is 3.76. The second-order valence-electron chi connectivity index (χ2n) is 5.02. The largest absolute Gasteiger partial charge is 0.375 e. The molecule has 104 valence electrons. The fraction of sp³-hybridized carbons (Fsp3) is 0.250. The summed E-state index contributed by atoms with van der Waals surface area (Å²) >= 11 is 6.28. The molecule has 1 aliphatic rings. The van der Waals surface area contributed by atoms with Gasteiger partial charge in [0.25, 0.3) is 0 Å². The fourth-order valence-corrected chi connectivity index (χ4v) is 3.11. The van der Waals surface area contributed by atoms with E-state index in [4.69, 9.17) is 11.6 Å². The van der Waals surface area contributed by atoms with Gasteiger partial charge in [0, 0.05) is 11.6 Å².